The number of nitrogen functional groups attached to an aromatic ring is 1. The summed E-state index contributed by atoms with van der Waals surface area (Å²) in [7, 11) is 4.29. The second-order valence-corrected chi connectivity index (χ2v) is 5.67. The SMILES string of the molecule is CC1CN(Cc2ccnc(C(=N)N)c2)CC1N(C)C. The molecule has 0 saturated carbocycles. The molecule has 1 saturated heterocycles. The first kappa shape index (κ1) is 14.0. The number of pyridine rings is 1. The van der Waals surface area contributed by atoms with E-state index in [9.17, 15) is 0 Å². The molecule has 2 unspecified atom stereocenters. The van der Waals surface area contributed by atoms with Gasteiger partial charge in [-0.1, -0.05) is 6.92 Å². The average Bonchev–Trinajstić information content (AvgIpc) is 2.70. The van der Waals surface area contributed by atoms with E-state index in [1.807, 2.05) is 12.1 Å². The van der Waals surface area contributed by atoms with E-state index in [-0.39, 0.29) is 5.84 Å². The monoisotopic (exact) mass is 261 g/mol. The van der Waals surface area contributed by atoms with Crippen LogP contribution in [0.1, 0.15) is 18.2 Å². The molecule has 1 aromatic rings. The Morgan fingerprint density at radius 3 is 2.84 bits per heavy atom. The van der Waals surface area contributed by atoms with Crippen molar-refractivity contribution in [1.29, 1.82) is 5.41 Å². The summed E-state index contributed by atoms with van der Waals surface area (Å²) in [6, 6.07) is 4.53. The molecule has 5 heteroatoms. The van der Waals surface area contributed by atoms with Crippen LogP contribution in [-0.2, 0) is 6.54 Å². The summed E-state index contributed by atoms with van der Waals surface area (Å²) >= 11 is 0. The smallest absolute Gasteiger partial charge is 0.141 e. The van der Waals surface area contributed by atoms with Gasteiger partial charge in [0.25, 0.3) is 0 Å². The van der Waals surface area contributed by atoms with Gasteiger partial charge in [0.05, 0.1) is 0 Å². The van der Waals surface area contributed by atoms with E-state index in [4.69, 9.17) is 11.1 Å². The molecular formula is C14H23N5. The molecule has 5 nitrogen and oxygen atoms in total. The second kappa shape index (κ2) is 5.67. The van der Waals surface area contributed by atoms with Gasteiger partial charge in [0.2, 0.25) is 0 Å². The molecule has 3 N–H and O–H groups in total. The van der Waals surface area contributed by atoms with E-state index >= 15 is 0 Å². The van der Waals surface area contributed by atoms with Gasteiger partial charge in [-0.15, -0.1) is 0 Å². The van der Waals surface area contributed by atoms with Crippen LogP contribution in [-0.4, -0.2) is 53.8 Å². The number of nitrogens with one attached hydrogen (secondary N) is 1. The van der Waals surface area contributed by atoms with Gasteiger partial charge < -0.3 is 10.6 Å². The third-order valence-corrected chi connectivity index (χ3v) is 3.82. The van der Waals surface area contributed by atoms with Crippen molar-refractivity contribution in [3.05, 3.63) is 29.6 Å². The van der Waals surface area contributed by atoms with E-state index in [1.54, 1.807) is 6.20 Å². The van der Waals surface area contributed by atoms with Crippen molar-refractivity contribution in [1.82, 2.24) is 14.8 Å². The van der Waals surface area contributed by atoms with Crippen LogP contribution in [0.25, 0.3) is 0 Å². The number of nitrogens with two attached hydrogens (primary N) is 1. The highest BCUT2D eigenvalue weighted by Gasteiger charge is 2.30. The molecule has 19 heavy (non-hydrogen) atoms. The number of hydrogen-bond donors (Lipinski definition) is 2. The number of hydrogen-bond acceptors (Lipinski definition) is 4. The number of amidine groups is 1. The third kappa shape index (κ3) is 3.30. The van der Waals surface area contributed by atoms with Gasteiger partial charge in [-0.05, 0) is 37.7 Å². The molecule has 1 aromatic heterocycles. The number of likely N-dealkylation sites (N-methyl/N-ethyl adjacent to an activating group) is 1. The molecule has 2 rings (SSSR count). The maximum absolute atomic E-state index is 7.43. The highest BCUT2D eigenvalue weighted by molar-refractivity contribution is 5.93. The minimum absolute atomic E-state index is 0.0304. The molecule has 0 aliphatic carbocycles. The van der Waals surface area contributed by atoms with Crippen LogP contribution in [0.5, 0.6) is 0 Å². The van der Waals surface area contributed by atoms with Crippen LogP contribution in [0.2, 0.25) is 0 Å². The fourth-order valence-corrected chi connectivity index (χ4v) is 2.83. The predicted molar refractivity (Wildman–Crippen MR) is 77.2 cm³/mol. The molecule has 2 atom stereocenters. The Labute approximate surface area is 114 Å². The zero-order valence-electron chi connectivity index (χ0n) is 11.9. The number of aromatic nitrogens is 1. The lowest BCUT2D eigenvalue weighted by Gasteiger charge is -2.22. The standard InChI is InChI=1S/C14H23N5/c1-10-7-19(9-13(10)18(2)3)8-11-4-5-17-12(6-11)14(15)16/h4-6,10,13H,7-9H2,1-3H3,(H3,15,16). The van der Waals surface area contributed by atoms with Crippen LogP contribution in [0.15, 0.2) is 18.3 Å². The van der Waals surface area contributed by atoms with Crippen molar-refractivity contribution in [2.24, 2.45) is 11.7 Å². The summed E-state index contributed by atoms with van der Waals surface area (Å²) < 4.78 is 0. The maximum Gasteiger partial charge on any atom is 0.141 e. The molecule has 0 radical (unpaired) electrons. The van der Waals surface area contributed by atoms with Gasteiger partial charge >= 0.3 is 0 Å². The van der Waals surface area contributed by atoms with Crippen molar-refractivity contribution in [2.45, 2.75) is 19.5 Å². The Morgan fingerprint density at radius 2 is 2.26 bits per heavy atom. The first-order valence-electron chi connectivity index (χ1n) is 6.65. The van der Waals surface area contributed by atoms with E-state index in [1.165, 1.54) is 5.56 Å². The zero-order chi connectivity index (χ0) is 14.0. The molecule has 1 fully saturated rings. The lowest BCUT2D eigenvalue weighted by Crippen LogP contribution is -2.34. The summed E-state index contributed by atoms with van der Waals surface area (Å²) in [4.78, 5) is 8.85. The van der Waals surface area contributed by atoms with Gasteiger partial charge in [0.15, 0.2) is 0 Å². The zero-order valence-corrected chi connectivity index (χ0v) is 11.9. The lowest BCUT2D eigenvalue weighted by atomic mass is 10.1. The fraction of sp³-hybridized carbons (Fsp3) is 0.571. The summed E-state index contributed by atoms with van der Waals surface area (Å²) in [5, 5.41) is 7.43. The largest absolute Gasteiger partial charge is 0.382 e. The van der Waals surface area contributed by atoms with Crippen LogP contribution in [0.4, 0.5) is 0 Å². The highest BCUT2D eigenvalue weighted by Crippen LogP contribution is 2.21. The molecule has 0 bridgehead atoms. The quantitative estimate of drug-likeness (QED) is 0.620. The Balaban J connectivity index is 2.02. The Kier molecular flexibility index (Phi) is 4.17. The Bertz CT molecular complexity index is 457. The van der Waals surface area contributed by atoms with Gasteiger partial charge in [-0.2, -0.15) is 0 Å². The van der Waals surface area contributed by atoms with E-state index in [2.05, 4.69) is 35.8 Å². The molecule has 1 aliphatic rings. The van der Waals surface area contributed by atoms with Crippen LogP contribution in [0, 0.1) is 11.3 Å². The van der Waals surface area contributed by atoms with Gasteiger partial charge in [0, 0.05) is 31.9 Å². The first-order chi connectivity index (χ1) is 8.97. The highest BCUT2D eigenvalue weighted by atomic mass is 15.2. The predicted octanol–water partition coefficient (Wildman–Crippen LogP) is 0.748. The number of nitrogens with zero attached hydrogens (tertiary/aromatic N) is 3. The maximum atomic E-state index is 7.43. The van der Waals surface area contributed by atoms with Crippen LogP contribution in [0.3, 0.4) is 0 Å². The third-order valence-electron chi connectivity index (χ3n) is 3.82. The number of likely N-dealkylation sites (tertiary alicyclic amines) is 1. The molecule has 0 amide bonds. The second-order valence-electron chi connectivity index (χ2n) is 5.67. The molecule has 0 spiro atoms. The van der Waals surface area contributed by atoms with Crippen molar-refractivity contribution in [3.8, 4) is 0 Å². The molecular weight excluding hydrogens is 238 g/mol. The van der Waals surface area contributed by atoms with E-state index in [0.29, 0.717) is 17.7 Å². The van der Waals surface area contributed by atoms with E-state index in [0.717, 1.165) is 19.6 Å². The molecule has 104 valence electrons. The van der Waals surface area contributed by atoms with Crippen molar-refractivity contribution < 1.29 is 0 Å². The van der Waals surface area contributed by atoms with Gasteiger partial charge in [-0.3, -0.25) is 15.3 Å². The van der Waals surface area contributed by atoms with Crippen LogP contribution < -0.4 is 5.73 Å². The summed E-state index contributed by atoms with van der Waals surface area (Å²) in [6.45, 7) is 5.40. The summed E-state index contributed by atoms with van der Waals surface area (Å²) in [5.41, 5.74) is 7.21. The van der Waals surface area contributed by atoms with Gasteiger partial charge in [-0.25, -0.2) is 0 Å². The topological polar surface area (TPSA) is 69.2 Å². The molecule has 2 heterocycles. The van der Waals surface area contributed by atoms with Crippen molar-refractivity contribution in [3.63, 3.8) is 0 Å². The van der Waals surface area contributed by atoms with E-state index < -0.39 is 0 Å². The summed E-state index contributed by atoms with van der Waals surface area (Å²) in [6.07, 6.45) is 1.73. The van der Waals surface area contributed by atoms with Crippen LogP contribution >= 0.6 is 0 Å². The van der Waals surface area contributed by atoms with Crippen molar-refractivity contribution in [2.75, 3.05) is 27.2 Å². The molecule has 1 aliphatic heterocycles. The number of rotatable bonds is 4. The lowest BCUT2D eigenvalue weighted by molar-refractivity contribution is 0.250. The average molecular weight is 261 g/mol. The Hall–Kier alpha value is -1.46. The minimum Gasteiger partial charge on any atom is -0.382 e. The normalized spacial score (nSPS) is 24.0. The first-order valence-corrected chi connectivity index (χ1v) is 6.65. The Morgan fingerprint density at radius 1 is 1.53 bits per heavy atom. The minimum atomic E-state index is 0.0304. The molecule has 0 aromatic carbocycles. The van der Waals surface area contributed by atoms with Gasteiger partial charge in [0.1, 0.15) is 11.5 Å². The fourth-order valence-electron chi connectivity index (χ4n) is 2.83. The summed E-state index contributed by atoms with van der Waals surface area (Å²) in [5.74, 6) is 0.715. The van der Waals surface area contributed by atoms with Crippen molar-refractivity contribution >= 4 is 5.84 Å².